The number of benzene rings is 1. The van der Waals surface area contributed by atoms with Crippen molar-refractivity contribution in [1.82, 2.24) is 24.7 Å². The molecule has 0 radical (unpaired) electrons. The normalized spacial score (nSPS) is 11.0. The molecule has 1 N–H and O–H groups in total. The van der Waals surface area contributed by atoms with Gasteiger partial charge in [0.1, 0.15) is 29.6 Å². The van der Waals surface area contributed by atoms with Crippen molar-refractivity contribution in [1.29, 1.82) is 0 Å². The van der Waals surface area contributed by atoms with Gasteiger partial charge in [-0.25, -0.2) is 19.6 Å². The van der Waals surface area contributed by atoms with Crippen LogP contribution in [-0.4, -0.2) is 24.7 Å². The maximum Gasteiger partial charge on any atom is 0.138 e. The average molecular weight is 322 g/mol. The Labute approximate surface area is 136 Å². The number of hydrogen-bond acceptors (Lipinski definition) is 6. The first-order valence-electron chi connectivity index (χ1n) is 7.18. The fourth-order valence-electron chi connectivity index (χ4n) is 2.41. The highest BCUT2D eigenvalue weighted by molar-refractivity contribution is 7.18. The van der Waals surface area contributed by atoms with Gasteiger partial charge < -0.3 is 5.32 Å². The lowest BCUT2D eigenvalue weighted by Crippen LogP contribution is -2.02. The van der Waals surface area contributed by atoms with E-state index in [9.17, 15) is 0 Å². The second kappa shape index (κ2) is 5.77. The number of fused-ring (bicyclic) bond motifs is 1. The van der Waals surface area contributed by atoms with Crippen molar-refractivity contribution >= 4 is 27.4 Å². The molecule has 0 bridgehead atoms. The van der Waals surface area contributed by atoms with Crippen LogP contribution in [0.2, 0.25) is 0 Å². The standard InChI is InChI=1S/C16H14N6S/c1-11-6-14-15(19-9-20-16(14)23-11)18-7-12-2-4-13(5-3-12)22-10-17-8-21-22/h2-6,8-10H,7H2,1H3,(H,18,19,20). The maximum absolute atomic E-state index is 4.36. The minimum Gasteiger partial charge on any atom is -0.365 e. The topological polar surface area (TPSA) is 68.5 Å². The first-order chi connectivity index (χ1) is 11.3. The first-order valence-corrected chi connectivity index (χ1v) is 8.00. The van der Waals surface area contributed by atoms with E-state index in [1.165, 1.54) is 16.8 Å². The predicted molar refractivity (Wildman–Crippen MR) is 90.8 cm³/mol. The molecule has 6 nitrogen and oxygen atoms in total. The van der Waals surface area contributed by atoms with E-state index in [0.29, 0.717) is 6.54 Å². The van der Waals surface area contributed by atoms with Crippen molar-refractivity contribution in [2.75, 3.05) is 5.32 Å². The third-order valence-electron chi connectivity index (χ3n) is 3.53. The Kier molecular flexibility index (Phi) is 3.47. The molecule has 0 spiro atoms. The number of hydrogen-bond donors (Lipinski definition) is 1. The van der Waals surface area contributed by atoms with Crippen molar-refractivity contribution in [3.8, 4) is 5.69 Å². The highest BCUT2D eigenvalue weighted by Gasteiger charge is 2.06. The Bertz CT molecular complexity index is 927. The lowest BCUT2D eigenvalue weighted by atomic mass is 10.2. The molecule has 4 rings (SSSR count). The number of rotatable bonds is 4. The summed E-state index contributed by atoms with van der Waals surface area (Å²) in [5, 5.41) is 8.59. The van der Waals surface area contributed by atoms with Gasteiger partial charge in [0.2, 0.25) is 0 Å². The van der Waals surface area contributed by atoms with Crippen LogP contribution in [0.5, 0.6) is 0 Å². The summed E-state index contributed by atoms with van der Waals surface area (Å²) in [6.45, 7) is 2.79. The Hall–Kier alpha value is -2.80. The molecule has 0 aliphatic heterocycles. The van der Waals surface area contributed by atoms with E-state index >= 15 is 0 Å². The minimum atomic E-state index is 0.707. The van der Waals surface area contributed by atoms with Gasteiger partial charge in [0.15, 0.2) is 0 Å². The lowest BCUT2D eigenvalue weighted by molar-refractivity contribution is 0.877. The molecule has 0 aliphatic carbocycles. The van der Waals surface area contributed by atoms with Crippen LogP contribution in [0.1, 0.15) is 10.4 Å². The summed E-state index contributed by atoms with van der Waals surface area (Å²) in [6.07, 6.45) is 4.82. The SMILES string of the molecule is Cc1cc2c(NCc3ccc(-n4cncn4)cc3)ncnc2s1. The molecule has 3 aromatic heterocycles. The Morgan fingerprint density at radius 2 is 2.00 bits per heavy atom. The largest absolute Gasteiger partial charge is 0.365 e. The molecule has 1 aromatic carbocycles. The zero-order valence-corrected chi connectivity index (χ0v) is 13.3. The van der Waals surface area contributed by atoms with Crippen molar-refractivity contribution in [2.45, 2.75) is 13.5 Å². The molecule has 0 atom stereocenters. The quantitative estimate of drug-likeness (QED) is 0.625. The van der Waals surface area contributed by atoms with Crippen molar-refractivity contribution in [3.05, 3.63) is 59.8 Å². The second-order valence-electron chi connectivity index (χ2n) is 5.16. The molecule has 23 heavy (non-hydrogen) atoms. The third-order valence-corrected chi connectivity index (χ3v) is 4.49. The van der Waals surface area contributed by atoms with Crippen LogP contribution in [-0.2, 0) is 6.54 Å². The van der Waals surface area contributed by atoms with Gasteiger partial charge in [-0.05, 0) is 30.7 Å². The number of nitrogens with one attached hydrogen (secondary N) is 1. The number of thiophene rings is 1. The monoisotopic (exact) mass is 322 g/mol. The maximum atomic E-state index is 4.36. The molecule has 0 aliphatic rings. The Balaban J connectivity index is 1.52. The fraction of sp³-hybridized carbons (Fsp3) is 0.125. The summed E-state index contributed by atoms with van der Waals surface area (Å²) in [4.78, 5) is 14.9. The van der Waals surface area contributed by atoms with E-state index in [2.05, 4.69) is 50.5 Å². The molecular weight excluding hydrogens is 308 g/mol. The highest BCUT2D eigenvalue weighted by atomic mass is 32.1. The summed E-state index contributed by atoms with van der Waals surface area (Å²) in [5.41, 5.74) is 2.16. The summed E-state index contributed by atoms with van der Waals surface area (Å²) in [6, 6.07) is 10.3. The molecule has 114 valence electrons. The average Bonchev–Trinajstić information content (AvgIpc) is 3.22. The second-order valence-corrected chi connectivity index (χ2v) is 6.39. The molecule has 4 aromatic rings. The van der Waals surface area contributed by atoms with Gasteiger partial charge in [-0.2, -0.15) is 5.10 Å². The fourth-order valence-corrected chi connectivity index (χ4v) is 3.26. The molecular formula is C16H14N6S. The van der Waals surface area contributed by atoms with Crippen LogP contribution in [0.3, 0.4) is 0 Å². The summed E-state index contributed by atoms with van der Waals surface area (Å²) >= 11 is 1.68. The van der Waals surface area contributed by atoms with Gasteiger partial charge in [0, 0.05) is 11.4 Å². The van der Waals surface area contributed by atoms with Crippen LogP contribution in [0.4, 0.5) is 5.82 Å². The number of nitrogens with zero attached hydrogens (tertiary/aromatic N) is 5. The van der Waals surface area contributed by atoms with Crippen molar-refractivity contribution < 1.29 is 0 Å². The van der Waals surface area contributed by atoms with Crippen LogP contribution in [0.25, 0.3) is 15.9 Å². The molecule has 0 unspecified atom stereocenters. The highest BCUT2D eigenvalue weighted by Crippen LogP contribution is 2.27. The number of aryl methyl sites for hydroxylation is 1. The number of aromatic nitrogens is 5. The van der Waals surface area contributed by atoms with Crippen LogP contribution >= 0.6 is 11.3 Å². The third kappa shape index (κ3) is 2.78. The predicted octanol–water partition coefficient (Wildman–Crippen LogP) is 3.19. The summed E-state index contributed by atoms with van der Waals surface area (Å²) < 4.78 is 1.74. The van der Waals surface area contributed by atoms with Gasteiger partial charge in [0.05, 0.1) is 11.1 Å². The molecule has 0 fully saturated rings. The van der Waals surface area contributed by atoms with E-state index < -0.39 is 0 Å². The summed E-state index contributed by atoms with van der Waals surface area (Å²) in [5.74, 6) is 0.875. The number of anilines is 1. The van der Waals surface area contributed by atoms with Crippen LogP contribution < -0.4 is 5.32 Å². The van der Waals surface area contributed by atoms with E-state index in [1.807, 2.05) is 12.1 Å². The van der Waals surface area contributed by atoms with Gasteiger partial charge in [0.25, 0.3) is 0 Å². The molecule has 0 saturated carbocycles. The van der Waals surface area contributed by atoms with E-state index in [0.717, 1.165) is 21.7 Å². The van der Waals surface area contributed by atoms with Gasteiger partial charge in [-0.1, -0.05) is 12.1 Å². The van der Waals surface area contributed by atoms with Crippen LogP contribution in [0.15, 0.2) is 49.3 Å². The molecule has 7 heteroatoms. The van der Waals surface area contributed by atoms with Crippen molar-refractivity contribution in [3.63, 3.8) is 0 Å². The van der Waals surface area contributed by atoms with Gasteiger partial charge in [-0.15, -0.1) is 11.3 Å². The summed E-state index contributed by atoms with van der Waals surface area (Å²) in [7, 11) is 0. The van der Waals surface area contributed by atoms with Gasteiger partial charge >= 0.3 is 0 Å². The van der Waals surface area contributed by atoms with Crippen LogP contribution in [0, 0.1) is 6.92 Å². The zero-order valence-electron chi connectivity index (χ0n) is 12.5. The zero-order chi connectivity index (χ0) is 15.6. The Morgan fingerprint density at radius 1 is 1.13 bits per heavy atom. The Morgan fingerprint density at radius 3 is 2.78 bits per heavy atom. The van der Waals surface area contributed by atoms with Gasteiger partial charge in [-0.3, -0.25) is 0 Å². The first kappa shape index (κ1) is 13.8. The van der Waals surface area contributed by atoms with Crippen molar-refractivity contribution in [2.24, 2.45) is 0 Å². The molecule has 0 amide bonds. The smallest absolute Gasteiger partial charge is 0.138 e. The van der Waals surface area contributed by atoms with E-state index in [1.54, 1.807) is 28.7 Å². The molecule has 0 saturated heterocycles. The van der Waals surface area contributed by atoms with E-state index in [4.69, 9.17) is 0 Å². The molecule has 3 heterocycles. The lowest BCUT2D eigenvalue weighted by Gasteiger charge is -2.07. The van der Waals surface area contributed by atoms with E-state index in [-0.39, 0.29) is 0 Å². The minimum absolute atomic E-state index is 0.707.